The van der Waals surface area contributed by atoms with E-state index in [-0.39, 0.29) is 0 Å². The summed E-state index contributed by atoms with van der Waals surface area (Å²) in [5, 5.41) is 0. The van der Waals surface area contributed by atoms with E-state index in [0.717, 1.165) is 12.0 Å². The first-order valence-corrected chi connectivity index (χ1v) is 6.09. The van der Waals surface area contributed by atoms with Crippen molar-refractivity contribution in [3.05, 3.63) is 59.8 Å². The standard InChI is InChI=1S/C14H14ClNO/c15-10-13-6-7-14(16-11-13)17-9-8-12-4-2-1-3-5-12/h1-7,11H,8-10H2. The summed E-state index contributed by atoms with van der Waals surface area (Å²) in [6.45, 7) is 0.636. The van der Waals surface area contributed by atoms with Crippen LogP contribution in [0.1, 0.15) is 11.1 Å². The molecule has 88 valence electrons. The topological polar surface area (TPSA) is 22.1 Å². The summed E-state index contributed by atoms with van der Waals surface area (Å²) >= 11 is 5.68. The summed E-state index contributed by atoms with van der Waals surface area (Å²) in [6.07, 6.45) is 2.63. The van der Waals surface area contributed by atoms with Crippen molar-refractivity contribution in [2.45, 2.75) is 12.3 Å². The highest BCUT2D eigenvalue weighted by atomic mass is 35.5. The number of hydrogen-bond donors (Lipinski definition) is 0. The van der Waals surface area contributed by atoms with Crippen molar-refractivity contribution in [2.75, 3.05) is 6.61 Å². The molecule has 0 aliphatic rings. The van der Waals surface area contributed by atoms with E-state index in [9.17, 15) is 0 Å². The number of aromatic nitrogens is 1. The smallest absolute Gasteiger partial charge is 0.213 e. The van der Waals surface area contributed by atoms with Crippen LogP contribution < -0.4 is 4.74 Å². The Balaban J connectivity index is 1.82. The molecule has 0 aliphatic carbocycles. The molecule has 0 saturated carbocycles. The second kappa shape index (κ2) is 6.26. The molecule has 0 bridgehead atoms. The first-order chi connectivity index (χ1) is 8.38. The molecular weight excluding hydrogens is 234 g/mol. The number of pyridine rings is 1. The normalized spacial score (nSPS) is 10.2. The first-order valence-electron chi connectivity index (χ1n) is 5.56. The van der Waals surface area contributed by atoms with Gasteiger partial charge in [0, 0.05) is 24.6 Å². The van der Waals surface area contributed by atoms with Gasteiger partial charge < -0.3 is 4.74 Å². The number of benzene rings is 1. The van der Waals surface area contributed by atoms with Crippen molar-refractivity contribution in [3.63, 3.8) is 0 Å². The Hall–Kier alpha value is -1.54. The van der Waals surface area contributed by atoms with Gasteiger partial charge in [0.2, 0.25) is 5.88 Å². The van der Waals surface area contributed by atoms with E-state index in [1.54, 1.807) is 6.20 Å². The summed E-state index contributed by atoms with van der Waals surface area (Å²) in [5.41, 5.74) is 2.27. The number of nitrogens with zero attached hydrogens (tertiary/aromatic N) is 1. The molecule has 0 radical (unpaired) electrons. The fourth-order valence-electron chi connectivity index (χ4n) is 1.49. The third-order valence-corrected chi connectivity index (χ3v) is 2.74. The molecule has 0 spiro atoms. The van der Waals surface area contributed by atoms with Crippen LogP contribution in [0.15, 0.2) is 48.7 Å². The van der Waals surface area contributed by atoms with Crippen LogP contribution in [-0.4, -0.2) is 11.6 Å². The van der Waals surface area contributed by atoms with Crippen molar-refractivity contribution in [1.82, 2.24) is 4.98 Å². The fraction of sp³-hybridized carbons (Fsp3) is 0.214. The van der Waals surface area contributed by atoms with Gasteiger partial charge in [0.15, 0.2) is 0 Å². The molecule has 0 saturated heterocycles. The molecule has 0 unspecified atom stereocenters. The zero-order valence-electron chi connectivity index (χ0n) is 9.47. The molecule has 0 aliphatic heterocycles. The summed E-state index contributed by atoms with van der Waals surface area (Å²) in [6, 6.07) is 14.0. The Morgan fingerprint density at radius 3 is 2.47 bits per heavy atom. The van der Waals surface area contributed by atoms with E-state index >= 15 is 0 Å². The number of rotatable bonds is 5. The molecule has 17 heavy (non-hydrogen) atoms. The van der Waals surface area contributed by atoms with Crippen LogP contribution in [0.3, 0.4) is 0 Å². The van der Waals surface area contributed by atoms with Gasteiger partial charge in [0.05, 0.1) is 6.61 Å². The second-order valence-corrected chi connectivity index (χ2v) is 3.99. The third kappa shape index (κ3) is 3.75. The van der Waals surface area contributed by atoms with Gasteiger partial charge in [0.25, 0.3) is 0 Å². The van der Waals surface area contributed by atoms with E-state index in [2.05, 4.69) is 17.1 Å². The predicted octanol–water partition coefficient (Wildman–Crippen LogP) is 3.44. The maximum atomic E-state index is 5.68. The number of hydrogen-bond acceptors (Lipinski definition) is 2. The van der Waals surface area contributed by atoms with Crippen molar-refractivity contribution < 1.29 is 4.74 Å². The van der Waals surface area contributed by atoms with Gasteiger partial charge in [-0.2, -0.15) is 0 Å². The summed E-state index contributed by atoms with van der Waals surface area (Å²) < 4.78 is 5.56. The monoisotopic (exact) mass is 247 g/mol. The largest absolute Gasteiger partial charge is 0.477 e. The summed E-state index contributed by atoms with van der Waals surface area (Å²) in [7, 11) is 0. The van der Waals surface area contributed by atoms with E-state index in [1.807, 2.05) is 30.3 Å². The molecule has 0 amide bonds. The third-order valence-electron chi connectivity index (χ3n) is 2.44. The number of halogens is 1. The van der Waals surface area contributed by atoms with Crippen LogP contribution >= 0.6 is 11.6 Å². The molecule has 2 rings (SSSR count). The average molecular weight is 248 g/mol. The average Bonchev–Trinajstić information content (AvgIpc) is 2.41. The lowest BCUT2D eigenvalue weighted by atomic mass is 10.2. The molecule has 3 heteroatoms. The molecule has 2 nitrogen and oxygen atoms in total. The molecule has 0 N–H and O–H groups in total. The van der Waals surface area contributed by atoms with Crippen molar-refractivity contribution >= 4 is 11.6 Å². The van der Waals surface area contributed by atoms with Gasteiger partial charge in [-0.25, -0.2) is 4.98 Å². The van der Waals surface area contributed by atoms with Crippen LogP contribution in [0.5, 0.6) is 5.88 Å². The molecule has 1 heterocycles. The van der Waals surface area contributed by atoms with Crippen molar-refractivity contribution in [3.8, 4) is 5.88 Å². The summed E-state index contributed by atoms with van der Waals surface area (Å²) in [4.78, 5) is 4.17. The molecule has 1 aromatic carbocycles. The van der Waals surface area contributed by atoms with Gasteiger partial charge in [-0.3, -0.25) is 0 Å². The van der Waals surface area contributed by atoms with Gasteiger partial charge in [-0.15, -0.1) is 11.6 Å². The highest BCUT2D eigenvalue weighted by Gasteiger charge is 1.97. The molecule has 1 aromatic heterocycles. The minimum Gasteiger partial charge on any atom is -0.477 e. The van der Waals surface area contributed by atoms with Crippen LogP contribution in [0.2, 0.25) is 0 Å². The Labute approximate surface area is 106 Å². The summed E-state index contributed by atoms with van der Waals surface area (Å²) in [5.74, 6) is 1.13. The van der Waals surface area contributed by atoms with E-state index < -0.39 is 0 Å². The SMILES string of the molecule is ClCc1ccc(OCCc2ccccc2)nc1. The molecule has 0 atom stereocenters. The van der Waals surface area contributed by atoms with Crippen LogP contribution in [0.25, 0.3) is 0 Å². The van der Waals surface area contributed by atoms with Crippen LogP contribution in [0.4, 0.5) is 0 Å². The number of ether oxygens (including phenoxy) is 1. The van der Waals surface area contributed by atoms with E-state index in [0.29, 0.717) is 18.4 Å². The lowest BCUT2D eigenvalue weighted by molar-refractivity contribution is 0.309. The Morgan fingerprint density at radius 2 is 1.82 bits per heavy atom. The maximum Gasteiger partial charge on any atom is 0.213 e. The van der Waals surface area contributed by atoms with E-state index in [1.165, 1.54) is 5.56 Å². The number of alkyl halides is 1. The minimum atomic E-state index is 0.483. The van der Waals surface area contributed by atoms with Crippen molar-refractivity contribution in [1.29, 1.82) is 0 Å². The Kier molecular flexibility index (Phi) is 4.39. The molecular formula is C14H14ClNO. The van der Waals surface area contributed by atoms with Gasteiger partial charge in [0.1, 0.15) is 0 Å². The maximum absolute atomic E-state index is 5.68. The fourth-order valence-corrected chi connectivity index (χ4v) is 1.65. The Bertz CT molecular complexity index is 442. The van der Waals surface area contributed by atoms with Gasteiger partial charge >= 0.3 is 0 Å². The van der Waals surface area contributed by atoms with Crippen LogP contribution in [0, 0.1) is 0 Å². The molecule has 2 aromatic rings. The van der Waals surface area contributed by atoms with Gasteiger partial charge in [-0.05, 0) is 11.1 Å². The van der Waals surface area contributed by atoms with Gasteiger partial charge in [-0.1, -0.05) is 36.4 Å². The van der Waals surface area contributed by atoms with Crippen LogP contribution in [-0.2, 0) is 12.3 Å². The molecule has 0 fully saturated rings. The zero-order valence-corrected chi connectivity index (χ0v) is 10.2. The Morgan fingerprint density at radius 1 is 1.00 bits per heavy atom. The first kappa shape index (κ1) is 11.9. The predicted molar refractivity (Wildman–Crippen MR) is 69.4 cm³/mol. The van der Waals surface area contributed by atoms with Crippen molar-refractivity contribution in [2.24, 2.45) is 0 Å². The highest BCUT2D eigenvalue weighted by molar-refractivity contribution is 6.17. The lowest BCUT2D eigenvalue weighted by Crippen LogP contribution is -2.02. The zero-order chi connectivity index (χ0) is 11.9. The highest BCUT2D eigenvalue weighted by Crippen LogP contribution is 2.10. The lowest BCUT2D eigenvalue weighted by Gasteiger charge is -2.05. The second-order valence-electron chi connectivity index (χ2n) is 3.72. The quantitative estimate of drug-likeness (QED) is 0.755. The van der Waals surface area contributed by atoms with E-state index in [4.69, 9.17) is 16.3 Å². The minimum absolute atomic E-state index is 0.483.